The molecule has 0 aliphatic heterocycles. The second-order valence-corrected chi connectivity index (χ2v) is 5.77. The number of alkyl halides is 3. The van der Waals surface area contributed by atoms with Gasteiger partial charge in [-0.15, -0.1) is 13.2 Å². The topological polar surface area (TPSA) is 38.5 Å². The van der Waals surface area contributed by atoms with Crippen molar-refractivity contribution in [2.24, 2.45) is 5.73 Å². The zero-order valence-electron chi connectivity index (χ0n) is 12.3. The van der Waals surface area contributed by atoms with E-state index in [4.69, 9.17) is 5.73 Å². The summed E-state index contributed by atoms with van der Waals surface area (Å²) in [6.07, 6.45) is -0.887. The summed E-state index contributed by atoms with van der Waals surface area (Å²) in [4.78, 5) is 2.04. The normalized spacial score (nSPS) is 19.8. The molecule has 1 aliphatic carbocycles. The molecule has 2 N–H and O–H groups in total. The molecule has 0 bridgehead atoms. The Kier molecular flexibility index (Phi) is 4.49. The fraction of sp³-hybridized carbons (Fsp3) is 0.600. The van der Waals surface area contributed by atoms with Gasteiger partial charge < -0.3 is 15.4 Å². The van der Waals surface area contributed by atoms with Crippen LogP contribution in [-0.2, 0) is 0 Å². The molecule has 0 aromatic heterocycles. The molecule has 1 atom stereocenters. The van der Waals surface area contributed by atoms with Crippen LogP contribution in [0.25, 0.3) is 0 Å². The molecule has 0 radical (unpaired) electrons. The van der Waals surface area contributed by atoms with Crippen LogP contribution < -0.4 is 10.5 Å². The minimum Gasteiger partial charge on any atom is -0.405 e. The SMILES string of the molecule is CN(C)C1(C(N)c2ccccc2OC(F)(F)F)CCCC1. The summed E-state index contributed by atoms with van der Waals surface area (Å²) in [5.41, 5.74) is 6.46. The number of nitrogens with two attached hydrogens (primary N) is 1. The molecule has 2 rings (SSSR count). The number of nitrogens with zero attached hydrogens (tertiary/aromatic N) is 1. The van der Waals surface area contributed by atoms with Gasteiger partial charge in [-0.05, 0) is 33.0 Å². The van der Waals surface area contributed by atoms with Gasteiger partial charge in [0.2, 0.25) is 0 Å². The van der Waals surface area contributed by atoms with E-state index in [2.05, 4.69) is 4.74 Å². The smallest absolute Gasteiger partial charge is 0.405 e. The summed E-state index contributed by atoms with van der Waals surface area (Å²) in [5.74, 6) is -0.203. The lowest BCUT2D eigenvalue weighted by molar-refractivity contribution is -0.275. The first kappa shape index (κ1) is 16.1. The van der Waals surface area contributed by atoms with Gasteiger partial charge in [0.05, 0.1) is 6.04 Å². The second-order valence-electron chi connectivity index (χ2n) is 5.77. The highest BCUT2D eigenvalue weighted by atomic mass is 19.4. The summed E-state index contributed by atoms with van der Waals surface area (Å²) < 4.78 is 41.8. The molecule has 0 heterocycles. The summed E-state index contributed by atoms with van der Waals surface area (Å²) in [6, 6.07) is 5.63. The van der Waals surface area contributed by atoms with Crippen LogP contribution in [0.1, 0.15) is 37.3 Å². The number of ether oxygens (including phenoxy) is 1. The maximum atomic E-state index is 12.5. The highest BCUT2D eigenvalue weighted by Gasteiger charge is 2.43. The van der Waals surface area contributed by atoms with E-state index in [-0.39, 0.29) is 11.3 Å². The van der Waals surface area contributed by atoms with Crippen LogP contribution in [0.5, 0.6) is 5.75 Å². The van der Waals surface area contributed by atoms with E-state index in [1.165, 1.54) is 12.1 Å². The average molecular weight is 302 g/mol. The molecule has 0 saturated heterocycles. The van der Waals surface area contributed by atoms with Crippen molar-refractivity contribution in [2.75, 3.05) is 14.1 Å². The van der Waals surface area contributed by atoms with Gasteiger partial charge in [-0.3, -0.25) is 0 Å². The summed E-state index contributed by atoms with van der Waals surface area (Å²) >= 11 is 0. The van der Waals surface area contributed by atoms with Gasteiger partial charge in [0.1, 0.15) is 5.75 Å². The Bertz CT molecular complexity index is 482. The van der Waals surface area contributed by atoms with E-state index in [0.29, 0.717) is 5.56 Å². The molecular formula is C15H21F3N2O. The van der Waals surface area contributed by atoms with E-state index in [9.17, 15) is 13.2 Å². The Labute approximate surface area is 122 Å². The van der Waals surface area contributed by atoms with Crippen molar-refractivity contribution in [3.63, 3.8) is 0 Å². The van der Waals surface area contributed by atoms with Crippen molar-refractivity contribution in [3.8, 4) is 5.75 Å². The van der Waals surface area contributed by atoms with Crippen LogP contribution in [-0.4, -0.2) is 30.9 Å². The highest BCUT2D eigenvalue weighted by molar-refractivity contribution is 5.38. The lowest BCUT2D eigenvalue weighted by Crippen LogP contribution is -2.50. The molecule has 1 fully saturated rings. The van der Waals surface area contributed by atoms with Gasteiger partial charge >= 0.3 is 6.36 Å². The first-order chi connectivity index (χ1) is 9.76. The Morgan fingerprint density at radius 1 is 1.19 bits per heavy atom. The van der Waals surface area contributed by atoms with Crippen LogP contribution in [0.2, 0.25) is 0 Å². The molecule has 1 aromatic rings. The van der Waals surface area contributed by atoms with Crippen LogP contribution in [0.4, 0.5) is 13.2 Å². The van der Waals surface area contributed by atoms with Crippen molar-refractivity contribution in [1.29, 1.82) is 0 Å². The highest BCUT2D eigenvalue weighted by Crippen LogP contribution is 2.44. The third-order valence-corrected chi connectivity index (χ3v) is 4.42. The van der Waals surface area contributed by atoms with Crippen LogP contribution in [0, 0.1) is 0 Å². The lowest BCUT2D eigenvalue weighted by atomic mass is 9.83. The van der Waals surface area contributed by atoms with Crippen LogP contribution in [0.3, 0.4) is 0 Å². The number of hydrogen-bond acceptors (Lipinski definition) is 3. The van der Waals surface area contributed by atoms with E-state index in [1.807, 2.05) is 19.0 Å². The number of halogens is 3. The summed E-state index contributed by atoms with van der Waals surface area (Å²) in [5, 5.41) is 0. The molecule has 1 aliphatic rings. The summed E-state index contributed by atoms with van der Waals surface area (Å²) in [6.45, 7) is 0. The minimum atomic E-state index is -4.71. The van der Waals surface area contributed by atoms with Crippen molar-refractivity contribution < 1.29 is 17.9 Å². The Morgan fingerprint density at radius 2 is 1.76 bits per heavy atom. The quantitative estimate of drug-likeness (QED) is 0.925. The molecule has 1 saturated carbocycles. The van der Waals surface area contributed by atoms with E-state index in [0.717, 1.165) is 25.7 Å². The Balaban J connectivity index is 2.36. The number of rotatable bonds is 4. The largest absolute Gasteiger partial charge is 0.573 e. The van der Waals surface area contributed by atoms with Gasteiger partial charge in [-0.25, -0.2) is 0 Å². The van der Waals surface area contributed by atoms with Crippen molar-refractivity contribution >= 4 is 0 Å². The number of hydrogen-bond donors (Lipinski definition) is 1. The van der Waals surface area contributed by atoms with E-state index < -0.39 is 12.4 Å². The van der Waals surface area contributed by atoms with Gasteiger partial charge in [0.25, 0.3) is 0 Å². The zero-order valence-corrected chi connectivity index (χ0v) is 12.3. The number of likely N-dealkylation sites (N-methyl/N-ethyl adjacent to an activating group) is 1. The molecule has 6 heteroatoms. The molecule has 118 valence electrons. The fourth-order valence-electron chi connectivity index (χ4n) is 3.27. The van der Waals surface area contributed by atoms with Crippen LogP contribution in [0.15, 0.2) is 24.3 Å². The molecule has 1 aromatic carbocycles. The van der Waals surface area contributed by atoms with Gasteiger partial charge in [0, 0.05) is 11.1 Å². The molecular weight excluding hydrogens is 281 g/mol. The lowest BCUT2D eigenvalue weighted by Gasteiger charge is -2.42. The maximum absolute atomic E-state index is 12.5. The third kappa shape index (κ3) is 3.32. The van der Waals surface area contributed by atoms with E-state index in [1.54, 1.807) is 12.1 Å². The van der Waals surface area contributed by atoms with Crippen molar-refractivity contribution in [3.05, 3.63) is 29.8 Å². The fourth-order valence-corrected chi connectivity index (χ4v) is 3.27. The maximum Gasteiger partial charge on any atom is 0.573 e. The third-order valence-electron chi connectivity index (χ3n) is 4.42. The van der Waals surface area contributed by atoms with Gasteiger partial charge in [-0.1, -0.05) is 31.0 Å². The predicted molar refractivity (Wildman–Crippen MR) is 74.9 cm³/mol. The standard InChI is InChI=1S/C15H21F3N2O/c1-20(2)14(9-5-6-10-14)13(19)11-7-3-4-8-12(11)21-15(16,17)18/h3-4,7-8,13H,5-6,9-10,19H2,1-2H3. The van der Waals surface area contributed by atoms with Crippen molar-refractivity contribution in [2.45, 2.75) is 43.6 Å². The predicted octanol–water partition coefficient (Wildman–Crippen LogP) is 3.46. The van der Waals surface area contributed by atoms with Gasteiger partial charge in [-0.2, -0.15) is 0 Å². The zero-order chi connectivity index (χ0) is 15.7. The van der Waals surface area contributed by atoms with Crippen LogP contribution >= 0.6 is 0 Å². The average Bonchev–Trinajstić information content (AvgIpc) is 2.87. The Morgan fingerprint density at radius 3 is 2.29 bits per heavy atom. The second kappa shape index (κ2) is 5.85. The molecule has 1 unspecified atom stereocenters. The monoisotopic (exact) mass is 302 g/mol. The number of benzene rings is 1. The first-order valence-corrected chi connectivity index (χ1v) is 7.04. The Hall–Kier alpha value is -1.27. The van der Waals surface area contributed by atoms with Gasteiger partial charge in [0.15, 0.2) is 0 Å². The van der Waals surface area contributed by atoms with Crippen molar-refractivity contribution in [1.82, 2.24) is 4.90 Å². The first-order valence-electron chi connectivity index (χ1n) is 7.04. The molecule has 0 amide bonds. The van der Waals surface area contributed by atoms with E-state index >= 15 is 0 Å². The minimum absolute atomic E-state index is 0.203. The summed E-state index contributed by atoms with van der Waals surface area (Å²) in [7, 11) is 3.86. The number of para-hydroxylation sites is 1. The molecule has 3 nitrogen and oxygen atoms in total. The molecule has 0 spiro atoms. The molecule has 21 heavy (non-hydrogen) atoms.